The summed E-state index contributed by atoms with van der Waals surface area (Å²) in [5.41, 5.74) is 0.975. The predicted molar refractivity (Wildman–Crippen MR) is 77.8 cm³/mol. The van der Waals surface area contributed by atoms with Crippen molar-refractivity contribution in [2.45, 2.75) is 25.8 Å². The Morgan fingerprint density at radius 1 is 1.43 bits per heavy atom. The van der Waals surface area contributed by atoms with E-state index < -0.39 is 0 Å². The molecular weight excluding hydrogens is 268 g/mol. The minimum Gasteiger partial charge on any atom is -0.396 e. The SMILES string of the molecule is Cn1ccc(-n2cc(CN3CCC(CCCO)C3)nn2)n1. The van der Waals surface area contributed by atoms with Gasteiger partial charge in [0, 0.05) is 39.0 Å². The average molecular weight is 290 g/mol. The molecule has 0 aliphatic carbocycles. The van der Waals surface area contributed by atoms with Crippen molar-refractivity contribution in [2.24, 2.45) is 13.0 Å². The van der Waals surface area contributed by atoms with Crippen LogP contribution in [0.15, 0.2) is 18.5 Å². The van der Waals surface area contributed by atoms with Crippen molar-refractivity contribution < 1.29 is 5.11 Å². The highest BCUT2D eigenvalue weighted by Gasteiger charge is 2.22. The maximum Gasteiger partial charge on any atom is 0.176 e. The second-order valence-electron chi connectivity index (χ2n) is 5.76. The minimum atomic E-state index is 0.300. The molecule has 7 nitrogen and oxygen atoms in total. The molecule has 2 aromatic heterocycles. The second-order valence-corrected chi connectivity index (χ2v) is 5.76. The number of rotatable bonds is 6. The molecule has 3 heterocycles. The normalized spacial score (nSPS) is 19.4. The maximum absolute atomic E-state index is 8.90. The van der Waals surface area contributed by atoms with Crippen LogP contribution in [0, 0.1) is 5.92 Å². The molecule has 1 atom stereocenters. The molecule has 2 aromatic rings. The van der Waals surface area contributed by atoms with Crippen LogP contribution in [-0.2, 0) is 13.6 Å². The number of aryl methyl sites for hydroxylation is 1. The second kappa shape index (κ2) is 6.36. The van der Waals surface area contributed by atoms with E-state index in [2.05, 4.69) is 20.3 Å². The molecule has 1 unspecified atom stereocenters. The van der Waals surface area contributed by atoms with Gasteiger partial charge in [0.15, 0.2) is 5.82 Å². The van der Waals surface area contributed by atoms with E-state index in [1.54, 1.807) is 9.36 Å². The van der Waals surface area contributed by atoms with Crippen molar-refractivity contribution in [3.63, 3.8) is 0 Å². The number of aromatic nitrogens is 5. The van der Waals surface area contributed by atoms with E-state index in [4.69, 9.17) is 5.11 Å². The molecule has 1 saturated heterocycles. The molecule has 1 aliphatic rings. The van der Waals surface area contributed by atoms with Gasteiger partial charge in [-0.2, -0.15) is 5.10 Å². The summed E-state index contributed by atoms with van der Waals surface area (Å²) in [4.78, 5) is 2.41. The number of hydrogen-bond acceptors (Lipinski definition) is 5. The lowest BCUT2D eigenvalue weighted by Crippen LogP contribution is -2.20. The molecule has 114 valence electrons. The summed E-state index contributed by atoms with van der Waals surface area (Å²) in [5, 5.41) is 21.6. The van der Waals surface area contributed by atoms with Crippen LogP contribution >= 0.6 is 0 Å². The number of likely N-dealkylation sites (tertiary alicyclic amines) is 1. The van der Waals surface area contributed by atoms with Crippen LogP contribution < -0.4 is 0 Å². The molecule has 3 rings (SSSR count). The molecule has 0 radical (unpaired) electrons. The molecule has 21 heavy (non-hydrogen) atoms. The average Bonchev–Trinajstić information content (AvgIpc) is 3.18. The van der Waals surface area contributed by atoms with Gasteiger partial charge in [-0.3, -0.25) is 9.58 Å². The first-order valence-electron chi connectivity index (χ1n) is 7.49. The molecule has 1 aliphatic heterocycles. The summed E-state index contributed by atoms with van der Waals surface area (Å²) < 4.78 is 3.47. The summed E-state index contributed by atoms with van der Waals surface area (Å²) >= 11 is 0. The largest absolute Gasteiger partial charge is 0.396 e. The Balaban J connectivity index is 1.56. The summed E-state index contributed by atoms with van der Waals surface area (Å²) in [7, 11) is 1.89. The van der Waals surface area contributed by atoms with E-state index in [-0.39, 0.29) is 0 Å². The molecule has 1 N–H and O–H groups in total. The quantitative estimate of drug-likeness (QED) is 0.843. The lowest BCUT2D eigenvalue weighted by Gasteiger charge is -2.13. The van der Waals surface area contributed by atoms with E-state index in [0.29, 0.717) is 12.5 Å². The lowest BCUT2D eigenvalue weighted by atomic mass is 10.0. The highest BCUT2D eigenvalue weighted by Crippen LogP contribution is 2.22. The fraction of sp³-hybridized carbons (Fsp3) is 0.643. The highest BCUT2D eigenvalue weighted by molar-refractivity contribution is 5.18. The third-order valence-electron chi connectivity index (χ3n) is 4.00. The standard InChI is InChI=1S/C14H22N6O/c1-18-6-5-14(16-18)20-11-13(15-17-20)10-19-7-4-12(9-19)3-2-8-21/h5-6,11-12,21H,2-4,7-10H2,1H3. The Labute approximate surface area is 124 Å². The van der Waals surface area contributed by atoms with Crippen LogP contribution in [0.1, 0.15) is 25.0 Å². The molecule has 0 amide bonds. The van der Waals surface area contributed by atoms with Gasteiger partial charge in [0.05, 0.1) is 11.9 Å². The van der Waals surface area contributed by atoms with Gasteiger partial charge in [0.25, 0.3) is 0 Å². The minimum absolute atomic E-state index is 0.300. The molecule has 0 saturated carbocycles. The van der Waals surface area contributed by atoms with E-state index in [9.17, 15) is 0 Å². The smallest absolute Gasteiger partial charge is 0.176 e. The third kappa shape index (κ3) is 3.48. The van der Waals surface area contributed by atoms with Gasteiger partial charge in [-0.25, -0.2) is 4.68 Å². The van der Waals surface area contributed by atoms with Crippen molar-refractivity contribution in [3.8, 4) is 5.82 Å². The van der Waals surface area contributed by atoms with Crippen LogP contribution in [0.4, 0.5) is 0 Å². The Morgan fingerprint density at radius 2 is 2.33 bits per heavy atom. The molecule has 0 spiro atoms. The van der Waals surface area contributed by atoms with Gasteiger partial charge >= 0.3 is 0 Å². The first-order chi connectivity index (χ1) is 10.2. The zero-order valence-electron chi connectivity index (χ0n) is 12.4. The van der Waals surface area contributed by atoms with Gasteiger partial charge in [-0.1, -0.05) is 5.21 Å². The Hall–Kier alpha value is -1.73. The number of aliphatic hydroxyl groups excluding tert-OH is 1. The van der Waals surface area contributed by atoms with E-state index in [1.165, 1.54) is 6.42 Å². The van der Waals surface area contributed by atoms with Crippen molar-refractivity contribution in [2.75, 3.05) is 19.7 Å². The van der Waals surface area contributed by atoms with Gasteiger partial charge in [0.1, 0.15) is 0 Å². The van der Waals surface area contributed by atoms with Gasteiger partial charge in [-0.15, -0.1) is 5.10 Å². The first kappa shape index (κ1) is 14.2. The van der Waals surface area contributed by atoms with Crippen LogP contribution in [0.3, 0.4) is 0 Å². The summed E-state index contributed by atoms with van der Waals surface area (Å²) in [6.45, 7) is 3.33. The molecule has 0 bridgehead atoms. The summed E-state index contributed by atoms with van der Waals surface area (Å²) in [6.07, 6.45) is 7.09. The van der Waals surface area contributed by atoms with Crippen LogP contribution in [0.25, 0.3) is 5.82 Å². The van der Waals surface area contributed by atoms with E-state index in [1.807, 2.05) is 25.5 Å². The van der Waals surface area contributed by atoms with Crippen LogP contribution in [0.5, 0.6) is 0 Å². The predicted octanol–water partition coefficient (Wildman–Crippen LogP) is 0.595. The zero-order chi connectivity index (χ0) is 14.7. The Kier molecular flexibility index (Phi) is 4.31. The van der Waals surface area contributed by atoms with Crippen molar-refractivity contribution in [1.82, 2.24) is 29.7 Å². The monoisotopic (exact) mass is 290 g/mol. The van der Waals surface area contributed by atoms with E-state index >= 15 is 0 Å². The molecular formula is C14H22N6O. The first-order valence-corrected chi connectivity index (χ1v) is 7.49. The number of hydrogen-bond donors (Lipinski definition) is 1. The van der Waals surface area contributed by atoms with Crippen molar-refractivity contribution in [3.05, 3.63) is 24.2 Å². The fourth-order valence-corrected chi connectivity index (χ4v) is 2.91. The van der Waals surface area contributed by atoms with Gasteiger partial charge < -0.3 is 5.11 Å². The topological polar surface area (TPSA) is 72.0 Å². The molecule has 0 aromatic carbocycles. The van der Waals surface area contributed by atoms with Crippen LogP contribution in [-0.4, -0.2) is 54.5 Å². The maximum atomic E-state index is 8.90. The fourth-order valence-electron chi connectivity index (χ4n) is 2.91. The van der Waals surface area contributed by atoms with E-state index in [0.717, 1.165) is 44.0 Å². The number of nitrogens with zero attached hydrogens (tertiary/aromatic N) is 6. The molecule has 7 heteroatoms. The van der Waals surface area contributed by atoms with Crippen molar-refractivity contribution >= 4 is 0 Å². The van der Waals surface area contributed by atoms with Gasteiger partial charge in [-0.05, 0) is 31.7 Å². The Morgan fingerprint density at radius 3 is 3.10 bits per heavy atom. The molecule has 1 fully saturated rings. The number of aliphatic hydroxyl groups is 1. The zero-order valence-corrected chi connectivity index (χ0v) is 12.4. The summed E-state index contributed by atoms with van der Waals surface area (Å²) in [5.74, 6) is 1.50. The summed E-state index contributed by atoms with van der Waals surface area (Å²) in [6, 6.07) is 1.92. The highest BCUT2D eigenvalue weighted by atomic mass is 16.2. The Bertz CT molecular complexity index is 578. The third-order valence-corrected chi connectivity index (χ3v) is 4.00. The van der Waals surface area contributed by atoms with Crippen molar-refractivity contribution in [1.29, 1.82) is 0 Å². The van der Waals surface area contributed by atoms with Crippen LogP contribution in [0.2, 0.25) is 0 Å². The lowest BCUT2D eigenvalue weighted by molar-refractivity contribution is 0.264. The van der Waals surface area contributed by atoms with Gasteiger partial charge in [0.2, 0.25) is 0 Å².